The predicted octanol–water partition coefficient (Wildman–Crippen LogP) is 5.49. The number of hydrogen-bond donors (Lipinski definition) is 0. The first-order valence-corrected chi connectivity index (χ1v) is 11.9. The van der Waals surface area contributed by atoms with Crippen molar-refractivity contribution in [3.63, 3.8) is 0 Å². The first-order chi connectivity index (χ1) is 15.2. The molecule has 2 aromatic carbocycles. The normalized spacial score (nSPS) is 14.6. The van der Waals surface area contributed by atoms with Crippen LogP contribution in [0.5, 0.6) is 0 Å². The fraction of sp³-hybridized carbons (Fsp3) is 0.385. The van der Waals surface area contributed by atoms with Gasteiger partial charge in [0.05, 0.1) is 4.88 Å². The summed E-state index contributed by atoms with van der Waals surface area (Å²) in [4.78, 5) is 30.3. The first kappa shape index (κ1) is 22.3. The molecule has 6 heteroatoms. The zero-order chi connectivity index (χ0) is 22.9. The second kappa shape index (κ2) is 8.94. The summed E-state index contributed by atoms with van der Waals surface area (Å²) in [6.45, 7) is 9.66. The fourth-order valence-electron chi connectivity index (χ4n) is 3.92. The van der Waals surface area contributed by atoms with Crippen LogP contribution in [0.25, 0.3) is 10.1 Å². The molecule has 5 nitrogen and oxygen atoms in total. The van der Waals surface area contributed by atoms with E-state index in [4.69, 9.17) is 4.74 Å². The Balaban J connectivity index is 1.54. The maximum absolute atomic E-state index is 13.5. The van der Waals surface area contributed by atoms with E-state index < -0.39 is 5.60 Å². The predicted molar refractivity (Wildman–Crippen MR) is 130 cm³/mol. The second-order valence-electron chi connectivity index (χ2n) is 9.33. The lowest BCUT2D eigenvalue weighted by Crippen LogP contribution is -2.51. The van der Waals surface area contributed by atoms with E-state index in [-0.39, 0.29) is 12.0 Å². The summed E-state index contributed by atoms with van der Waals surface area (Å²) in [5.41, 5.74) is 2.99. The van der Waals surface area contributed by atoms with Gasteiger partial charge in [-0.3, -0.25) is 4.79 Å². The number of amides is 2. The van der Waals surface area contributed by atoms with Crippen LogP contribution in [0, 0.1) is 6.92 Å². The Morgan fingerprint density at radius 3 is 2.22 bits per heavy atom. The third-order valence-electron chi connectivity index (χ3n) is 5.61. The minimum atomic E-state index is -0.522. The van der Waals surface area contributed by atoms with Crippen LogP contribution in [0.1, 0.15) is 47.1 Å². The number of carbonyl (C=O) groups excluding carboxylic acids is 2. The van der Waals surface area contributed by atoms with E-state index in [9.17, 15) is 9.59 Å². The average molecular weight is 451 g/mol. The van der Waals surface area contributed by atoms with E-state index in [2.05, 4.69) is 43.3 Å². The molecule has 0 bridgehead atoms. The van der Waals surface area contributed by atoms with Crippen LogP contribution in [-0.4, -0.2) is 53.6 Å². The minimum absolute atomic E-state index is 0.0529. The number of benzene rings is 2. The number of piperazine rings is 1. The molecule has 0 atom stereocenters. The lowest BCUT2D eigenvalue weighted by molar-refractivity contribution is 0.0141. The highest BCUT2D eigenvalue weighted by Crippen LogP contribution is 2.34. The highest BCUT2D eigenvalue weighted by atomic mass is 32.1. The molecular formula is C26H30N2O3S. The maximum Gasteiger partial charge on any atom is 0.410 e. The molecule has 1 saturated heterocycles. The van der Waals surface area contributed by atoms with E-state index in [1.54, 1.807) is 16.2 Å². The summed E-state index contributed by atoms with van der Waals surface area (Å²) >= 11 is 1.57. The molecule has 0 aliphatic carbocycles. The summed E-state index contributed by atoms with van der Waals surface area (Å²) in [7, 11) is 0. The molecule has 4 rings (SSSR count). The Kier molecular flexibility index (Phi) is 6.24. The van der Waals surface area contributed by atoms with Crippen molar-refractivity contribution >= 4 is 33.4 Å². The summed E-state index contributed by atoms with van der Waals surface area (Å²) in [5, 5.41) is 1.15. The van der Waals surface area contributed by atoms with Crippen LogP contribution in [0.15, 0.2) is 48.5 Å². The van der Waals surface area contributed by atoms with Gasteiger partial charge >= 0.3 is 6.09 Å². The van der Waals surface area contributed by atoms with Crippen molar-refractivity contribution < 1.29 is 14.3 Å². The molecule has 0 unspecified atom stereocenters. The molecule has 0 saturated carbocycles. The molecule has 0 spiro atoms. The topological polar surface area (TPSA) is 49.9 Å². The van der Waals surface area contributed by atoms with Gasteiger partial charge in [-0.25, -0.2) is 4.79 Å². The van der Waals surface area contributed by atoms with Gasteiger partial charge in [-0.1, -0.05) is 48.0 Å². The Morgan fingerprint density at radius 2 is 1.56 bits per heavy atom. The number of carbonyl (C=O) groups is 2. The molecule has 2 heterocycles. The van der Waals surface area contributed by atoms with Crippen LogP contribution in [0.4, 0.5) is 4.79 Å². The van der Waals surface area contributed by atoms with Crippen LogP contribution in [0.3, 0.4) is 0 Å². The number of rotatable bonds is 3. The van der Waals surface area contributed by atoms with Gasteiger partial charge in [0.15, 0.2) is 0 Å². The van der Waals surface area contributed by atoms with Crippen LogP contribution < -0.4 is 0 Å². The van der Waals surface area contributed by atoms with Gasteiger partial charge in [-0.05, 0) is 56.7 Å². The van der Waals surface area contributed by atoms with E-state index in [0.29, 0.717) is 26.2 Å². The Hall–Kier alpha value is -2.86. The van der Waals surface area contributed by atoms with Gasteiger partial charge in [-0.15, -0.1) is 11.3 Å². The van der Waals surface area contributed by atoms with Crippen molar-refractivity contribution in [3.8, 4) is 0 Å². The van der Waals surface area contributed by atoms with Gasteiger partial charge < -0.3 is 14.5 Å². The average Bonchev–Trinajstić information content (AvgIpc) is 3.12. The molecular weight excluding hydrogens is 420 g/mol. The maximum atomic E-state index is 13.5. The van der Waals surface area contributed by atoms with Gasteiger partial charge in [0.2, 0.25) is 0 Å². The van der Waals surface area contributed by atoms with E-state index in [1.165, 1.54) is 11.1 Å². The lowest BCUT2D eigenvalue weighted by Gasteiger charge is -2.35. The monoisotopic (exact) mass is 450 g/mol. The Labute approximate surface area is 193 Å². The summed E-state index contributed by atoms with van der Waals surface area (Å²) in [5.74, 6) is 0.0529. The minimum Gasteiger partial charge on any atom is -0.444 e. The lowest BCUT2D eigenvalue weighted by atomic mass is 10.0. The van der Waals surface area contributed by atoms with E-state index in [0.717, 1.165) is 26.9 Å². The highest BCUT2D eigenvalue weighted by molar-refractivity contribution is 7.21. The van der Waals surface area contributed by atoms with Crippen molar-refractivity contribution in [2.45, 2.75) is 39.7 Å². The summed E-state index contributed by atoms with van der Waals surface area (Å²) in [6, 6.07) is 16.7. The molecule has 2 amide bonds. The fourth-order valence-corrected chi connectivity index (χ4v) is 5.11. The number of aryl methyl sites for hydroxylation is 1. The third kappa shape index (κ3) is 4.96. The zero-order valence-electron chi connectivity index (χ0n) is 19.2. The molecule has 0 N–H and O–H groups in total. The summed E-state index contributed by atoms with van der Waals surface area (Å²) in [6.07, 6.45) is 0.412. The van der Waals surface area contributed by atoms with E-state index >= 15 is 0 Å². The van der Waals surface area contributed by atoms with Crippen LogP contribution >= 0.6 is 11.3 Å². The first-order valence-electron chi connectivity index (χ1n) is 11.0. The molecule has 32 heavy (non-hydrogen) atoms. The van der Waals surface area contributed by atoms with Crippen molar-refractivity contribution in [1.29, 1.82) is 0 Å². The van der Waals surface area contributed by atoms with Crippen LogP contribution in [-0.2, 0) is 11.2 Å². The number of thiophene rings is 1. The smallest absolute Gasteiger partial charge is 0.410 e. The molecule has 1 fully saturated rings. The zero-order valence-corrected chi connectivity index (χ0v) is 20.0. The van der Waals surface area contributed by atoms with Crippen molar-refractivity contribution in [3.05, 3.63) is 70.1 Å². The summed E-state index contributed by atoms with van der Waals surface area (Å²) < 4.78 is 6.61. The second-order valence-corrected chi connectivity index (χ2v) is 10.4. The van der Waals surface area contributed by atoms with Gasteiger partial charge in [0.25, 0.3) is 5.91 Å². The third-order valence-corrected chi connectivity index (χ3v) is 6.81. The van der Waals surface area contributed by atoms with Crippen LogP contribution in [0.2, 0.25) is 0 Å². The SMILES string of the molecule is Cc1ccc(Cc2c(C(=O)N3CCN(C(=O)OC(C)(C)C)CC3)sc3ccccc23)cc1. The van der Waals surface area contributed by atoms with E-state index in [1.807, 2.05) is 37.8 Å². The standard InChI is InChI=1S/C26H30N2O3S/c1-18-9-11-19(12-10-18)17-21-20-7-5-6-8-22(20)32-23(21)24(29)27-13-15-28(16-14-27)25(30)31-26(2,3)4/h5-12H,13-17H2,1-4H3. The molecule has 1 aromatic heterocycles. The van der Waals surface area contributed by atoms with Gasteiger partial charge in [0.1, 0.15) is 5.60 Å². The molecule has 0 radical (unpaired) electrons. The molecule has 168 valence electrons. The number of nitrogens with zero attached hydrogens (tertiary/aromatic N) is 2. The number of hydrogen-bond acceptors (Lipinski definition) is 4. The molecule has 1 aliphatic rings. The largest absolute Gasteiger partial charge is 0.444 e. The quantitative estimate of drug-likeness (QED) is 0.530. The molecule has 3 aromatic rings. The molecule has 1 aliphatic heterocycles. The highest BCUT2D eigenvalue weighted by Gasteiger charge is 2.30. The number of fused-ring (bicyclic) bond motifs is 1. The Morgan fingerprint density at radius 1 is 0.938 bits per heavy atom. The van der Waals surface area contributed by atoms with Gasteiger partial charge in [0, 0.05) is 30.9 Å². The van der Waals surface area contributed by atoms with Crippen molar-refractivity contribution in [1.82, 2.24) is 9.80 Å². The number of ether oxygens (including phenoxy) is 1. The van der Waals surface area contributed by atoms with Crippen molar-refractivity contribution in [2.24, 2.45) is 0 Å². The van der Waals surface area contributed by atoms with Crippen molar-refractivity contribution in [2.75, 3.05) is 26.2 Å². The van der Waals surface area contributed by atoms with Gasteiger partial charge in [-0.2, -0.15) is 0 Å². The Bertz CT molecular complexity index is 1120.